The molecule has 1 unspecified atom stereocenters. The maximum atomic E-state index is 5.53. The molecular weight excluding hydrogens is 266 g/mol. The van der Waals surface area contributed by atoms with Crippen LogP contribution in [0.5, 0.6) is 5.75 Å². The van der Waals surface area contributed by atoms with Crippen molar-refractivity contribution in [3.8, 4) is 5.75 Å². The van der Waals surface area contributed by atoms with Crippen molar-refractivity contribution in [3.05, 3.63) is 41.5 Å². The predicted octanol–water partition coefficient (Wildman–Crippen LogP) is 2.31. The van der Waals surface area contributed by atoms with Crippen LogP contribution in [0.4, 0.5) is 0 Å². The van der Waals surface area contributed by atoms with Gasteiger partial charge in [0.1, 0.15) is 5.75 Å². The smallest absolute Gasteiger partial charge is 0.234 e. The van der Waals surface area contributed by atoms with E-state index in [9.17, 15) is 0 Å². The highest BCUT2D eigenvalue weighted by Gasteiger charge is 2.39. The molecular formula is C16H21N3O2. The molecule has 112 valence electrons. The molecule has 1 saturated heterocycles. The van der Waals surface area contributed by atoms with Crippen LogP contribution in [-0.2, 0) is 11.8 Å². The molecule has 1 aromatic heterocycles. The fourth-order valence-corrected chi connectivity index (χ4v) is 2.85. The largest absolute Gasteiger partial charge is 0.497 e. The highest BCUT2D eigenvalue weighted by Crippen LogP contribution is 2.32. The maximum absolute atomic E-state index is 5.53. The summed E-state index contributed by atoms with van der Waals surface area (Å²) in [4.78, 5) is 4.62. The Balaban J connectivity index is 1.75. The molecule has 1 aliphatic heterocycles. The van der Waals surface area contributed by atoms with Crippen LogP contribution in [0.1, 0.15) is 37.0 Å². The first-order valence-electron chi connectivity index (χ1n) is 7.42. The van der Waals surface area contributed by atoms with E-state index in [4.69, 9.17) is 9.26 Å². The van der Waals surface area contributed by atoms with Gasteiger partial charge in [-0.2, -0.15) is 4.98 Å². The van der Waals surface area contributed by atoms with Crippen molar-refractivity contribution in [2.75, 3.05) is 20.2 Å². The van der Waals surface area contributed by atoms with Crippen LogP contribution in [0.3, 0.4) is 0 Å². The Kier molecular flexibility index (Phi) is 3.92. The van der Waals surface area contributed by atoms with Crippen LogP contribution >= 0.6 is 0 Å². The van der Waals surface area contributed by atoms with E-state index in [2.05, 4.69) is 22.4 Å². The molecule has 1 N–H and O–H groups in total. The Hall–Kier alpha value is -1.88. The average Bonchev–Trinajstić information content (AvgIpc) is 3.17. The van der Waals surface area contributed by atoms with Gasteiger partial charge in [0.2, 0.25) is 5.89 Å². The zero-order chi connectivity index (χ0) is 14.7. The Bertz CT molecular complexity index is 586. The second-order valence-electron chi connectivity index (χ2n) is 5.60. The van der Waals surface area contributed by atoms with Crippen molar-refractivity contribution < 1.29 is 9.26 Å². The second-order valence-corrected chi connectivity index (χ2v) is 5.60. The summed E-state index contributed by atoms with van der Waals surface area (Å²) in [5.41, 5.74) is 1.17. The van der Waals surface area contributed by atoms with Crippen molar-refractivity contribution in [1.82, 2.24) is 15.5 Å². The van der Waals surface area contributed by atoms with Gasteiger partial charge in [-0.15, -0.1) is 0 Å². The monoisotopic (exact) mass is 287 g/mol. The summed E-state index contributed by atoms with van der Waals surface area (Å²) in [6.07, 6.45) is 2.76. The third-order valence-electron chi connectivity index (χ3n) is 4.36. The van der Waals surface area contributed by atoms with Crippen LogP contribution < -0.4 is 10.1 Å². The molecule has 1 atom stereocenters. The van der Waals surface area contributed by atoms with E-state index < -0.39 is 0 Å². The Morgan fingerprint density at radius 3 is 2.76 bits per heavy atom. The summed E-state index contributed by atoms with van der Waals surface area (Å²) in [6, 6.07) is 7.96. The van der Waals surface area contributed by atoms with Crippen molar-refractivity contribution in [2.24, 2.45) is 0 Å². The number of nitrogens with one attached hydrogen (secondary N) is 1. The first-order valence-corrected chi connectivity index (χ1v) is 7.42. The summed E-state index contributed by atoms with van der Waals surface area (Å²) in [7, 11) is 1.67. The molecule has 0 saturated carbocycles. The number of rotatable bonds is 5. The Morgan fingerprint density at radius 2 is 2.14 bits per heavy atom. The lowest BCUT2D eigenvalue weighted by atomic mass is 9.84. The zero-order valence-electron chi connectivity index (χ0n) is 12.6. The fraction of sp³-hybridized carbons (Fsp3) is 0.500. The normalized spacial score (nSPS) is 21.6. The van der Waals surface area contributed by atoms with E-state index in [1.807, 2.05) is 24.3 Å². The number of hydrogen-bond donors (Lipinski definition) is 1. The van der Waals surface area contributed by atoms with E-state index in [0.29, 0.717) is 6.42 Å². The standard InChI is InChI=1S/C16H21N3O2/c1-3-16(8-9-17-11-16)15-18-14(19-21-15)10-12-4-6-13(20-2)7-5-12/h4-7,17H,3,8-11H2,1-2H3. The van der Waals surface area contributed by atoms with Crippen LogP contribution in [0, 0.1) is 0 Å². The van der Waals surface area contributed by atoms with Gasteiger partial charge in [-0.1, -0.05) is 24.2 Å². The first-order chi connectivity index (χ1) is 10.3. The number of nitrogens with zero attached hydrogens (tertiary/aromatic N) is 2. The second kappa shape index (κ2) is 5.85. The highest BCUT2D eigenvalue weighted by molar-refractivity contribution is 5.28. The summed E-state index contributed by atoms with van der Waals surface area (Å²) in [5, 5.41) is 7.54. The molecule has 0 radical (unpaired) electrons. The molecule has 0 spiro atoms. The van der Waals surface area contributed by atoms with Gasteiger partial charge in [0, 0.05) is 13.0 Å². The minimum Gasteiger partial charge on any atom is -0.497 e. The molecule has 0 bridgehead atoms. The number of ether oxygens (including phenoxy) is 1. The van der Waals surface area contributed by atoms with E-state index in [0.717, 1.165) is 49.0 Å². The molecule has 2 heterocycles. The minimum atomic E-state index is 0.0190. The van der Waals surface area contributed by atoms with Gasteiger partial charge in [-0.3, -0.25) is 0 Å². The van der Waals surface area contributed by atoms with E-state index >= 15 is 0 Å². The summed E-state index contributed by atoms with van der Waals surface area (Å²) >= 11 is 0. The lowest BCUT2D eigenvalue weighted by Crippen LogP contribution is -2.28. The molecule has 21 heavy (non-hydrogen) atoms. The summed E-state index contributed by atoms with van der Waals surface area (Å²) in [5.74, 6) is 2.38. The van der Waals surface area contributed by atoms with Crippen molar-refractivity contribution in [2.45, 2.75) is 31.6 Å². The maximum Gasteiger partial charge on any atom is 0.234 e. The number of methoxy groups -OCH3 is 1. The average molecular weight is 287 g/mol. The number of benzene rings is 1. The van der Waals surface area contributed by atoms with Gasteiger partial charge in [-0.05, 0) is 37.1 Å². The van der Waals surface area contributed by atoms with Gasteiger partial charge >= 0.3 is 0 Å². The molecule has 0 amide bonds. The predicted molar refractivity (Wildman–Crippen MR) is 79.6 cm³/mol. The lowest BCUT2D eigenvalue weighted by Gasteiger charge is -2.20. The third-order valence-corrected chi connectivity index (χ3v) is 4.36. The summed E-state index contributed by atoms with van der Waals surface area (Å²) < 4.78 is 10.7. The minimum absolute atomic E-state index is 0.0190. The van der Waals surface area contributed by atoms with Gasteiger partial charge in [0.25, 0.3) is 0 Å². The molecule has 0 aliphatic carbocycles. The highest BCUT2D eigenvalue weighted by atomic mass is 16.5. The van der Waals surface area contributed by atoms with Crippen LogP contribution in [0.2, 0.25) is 0 Å². The van der Waals surface area contributed by atoms with Crippen molar-refractivity contribution in [1.29, 1.82) is 0 Å². The molecule has 3 rings (SSSR count). The molecule has 1 aliphatic rings. The van der Waals surface area contributed by atoms with E-state index in [1.54, 1.807) is 7.11 Å². The lowest BCUT2D eigenvalue weighted by molar-refractivity contribution is 0.283. The third kappa shape index (κ3) is 2.78. The van der Waals surface area contributed by atoms with Crippen LogP contribution in [0.25, 0.3) is 0 Å². The molecule has 5 nitrogen and oxygen atoms in total. The van der Waals surface area contributed by atoms with Crippen molar-refractivity contribution >= 4 is 0 Å². The molecule has 1 fully saturated rings. The summed E-state index contributed by atoms with van der Waals surface area (Å²) in [6.45, 7) is 4.12. The van der Waals surface area contributed by atoms with Gasteiger partial charge in [0.05, 0.1) is 12.5 Å². The zero-order valence-corrected chi connectivity index (χ0v) is 12.6. The molecule has 2 aromatic rings. The van der Waals surface area contributed by atoms with Gasteiger partial charge in [0.15, 0.2) is 5.82 Å². The van der Waals surface area contributed by atoms with E-state index in [-0.39, 0.29) is 5.41 Å². The molecule has 1 aromatic carbocycles. The van der Waals surface area contributed by atoms with Gasteiger partial charge in [-0.25, -0.2) is 0 Å². The van der Waals surface area contributed by atoms with Crippen LogP contribution in [-0.4, -0.2) is 30.3 Å². The SMILES string of the molecule is CCC1(c2nc(Cc3ccc(OC)cc3)no2)CCNC1. The fourth-order valence-electron chi connectivity index (χ4n) is 2.85. The number of aromatic nitrogens is 2. The number of hydrogen-bond acceptors (Lipinski definition) is 5. The van der Waals surface area contributed by atoms with Crippen LogP contribution in [0.15, 0.2) is 28.8 Å². The Morgan fingerprint density at radius 1 is 1.33 bits per heavy atom. The first kappa shape index (κ1) is 14.1. The quantitative estimate of drug-likeness (QED) is 0.914. The topological polar surface area (TPSA) is 60.2 Å². The van der Waals surface area contributed by atoms with E-state index in [1.165, 1.54) is 0 Å². The molecule has 5 heteroatoms. The van der Waals surface area contributed by atoms with Gasteiger partial charge < -0.3 is 14.6 Å². The van der Waals surface area contributed by atoms with Crippen molar-refractivity contribution in [3.63, 3.8) is 0 Å². The Labute approximate surface area is 124 Å².